The Morgan fingerprint density at radius 1 is 1.44 bits per heavy atom. The second-order valence-corrected chi connectivity index (χ2v) is 7.57. The van der Waals surface area contributed by atoms with E-state index in [1.807, 2.05) is 0 Å². The summed E-state index contributed by atoms with van der Waals surface area (Å²) in [7, 11) is 0. The first-order valence-electron chi connectivity index (χ1n) is 6.53. The molecule has 3 rings (SSSR count). The molecule has 98 valence electrons. The van der Waals surface area contributed by atoms with E-state index in [0.717, 1.165) is 22.4 Å². The Labute approximate surface area is 115 Å². The van der Waals surface area contributed by atoms with Gasteiger partial charge in [-0.25, -0.2) is 0 Å². The Morgan fingerprint density at radius 3 is 3.00 bits per heavy atom. The highest BCUT2D eigenvalue weighted by Crippen LogP contribution is 2.48. The Bertz CT molecular complexity index is 448. The minimum absolute atomic E-state index is 0.159. The summed E-state index contributed by atoms with van der Waals surface area (Å²) in [6, 6.07) is 0. The van der Waals surface area contributed by atoms with Crippen LogP contribution < -0.4 is 5.32 Å². The summed E-state index contributed by atoms with van der Waals surface area (Å²) in [5.41, 5.74) is 0. The second-order valence-electron chi connectivity index (χ2n) is 5.08. The average Bonchev–Trinajstić information content (AvgIpc) is 3.05. The molecule has 0 aliphatic heterocycles. The summed E-state index contributed by atoms with van der Waals surface area (Å²) < 4.78 is 0.931. The first kappa shape index (κ1) is 12.4. The first-order valence-corrected chi connectivity index (χ1v) is 8.33. The van der Waals surface area contributed by atoms with Gasteiger partial charge in [0, 0.05) is 5.92 Å². The van der Waals surface area contributed by atoms with Gasteiger partial charge in [-0.2, -0.15) is 0 Å². The van der Waals surface area contributed by atoms with Crippen LogP contribution in [0.15, 0.2) is 4.34 Å². The number of aromatic nitrogens is 2. The SMILES string of the molecule is CCSc1nnc(NC(=O)[C@@H]2C[C@@H]3CC[C@@H]2C3)s1. The monoisotopic (exact) mass is 283 g/mol. The number of amides is 1. The highest BCUT2D eigenvalue weighted by molar-refractivity contribution is 8.01. The Morgan fingerprint density at radius 2 is 2.33 bits per heavy atom. The van der Waals surface area contributed by atoms with Crippen LogP contribution in [-0.2, 0) is 4.79 Å². The number of thioether (sulfide) groups is 1. The zero-order valence-electron chi connectivity index (χ0n) is 10.4. The fourth-order valence-electron chi connectivity index (χ4n) is 3.21. The van der Waals surface area contributed by atoms with Crippen molar-refractivity contribution in [3.8, 4) is 0 Å². The van der Waals surface area contributed by atoms with Crippen LogP contribution in [0.2, 0.25) is 0 Å². The molecule has 1 aromatic rings. The van der Waals surface area contributed by atoms with Crippen molar-refractivity contribution in [3.05, 3.63) is 0 Å². The highest BCUT2D eigenvalue weighted by Gasteiger charge is 2.43. The number of carbonyl (C=O) groups is 1. The first-order chi connectivity index (χ1) is 8.76. The Hall–Kier alpha value is -0.620. The zero-order chi connectivity index (χ0) is 12.5. The normalized spacial score (nSPS) is 29.7. The Balaban J connectivity index is 1.60. The van der Waals surface area contributed by atoms with E-state index in [-0.39, 0.29) is 11.8 Å². The fraction of sp³-hybridized carbons (Fsp3) is 0.750. The Kier molecular flexibility index (Phi) is 3.56. The van der Waals surface area contributed by atoms with Crippen LogP contribution in [0.4, 0.5) is 5.13 Å². The van der Waals surface area contributed by atoms with Gasteiger partial charge in [0.05, 0.1) is 0 Å². The van der Waals surface area contributed by atoms with E-state index in [0.29, 0.717) is 11.0 Å². The van der Waals surface area contributed by atoms with Crippen molar-refractivity contribution >= 4 is 34.1 Å². The predicted molar refractivity (Wildman–Crippen MR) is 73.9 cm³/mol. The molecule has 3 atom stereocenters. The fourth-order valence-corrected chi connectivity index (χ4v) is 4.86. The summed E-state index contributed by atoms with van der Waals surface area (Å²) in [5.74, 6) is 2.77. The maximum absolute atomic E-state index is 12.2. The van der Waals surface area contributed by atoms with Crippen molar-refractivity contribution in [2.45, 2.75) is 36.9 Å². The second kappa shape index (κ2) is 5.17. The molecule has 0 saturated heterocycles. The molecule has 0 aromatic carbocycles. The summed E-state index contributed by atoms with van der Waals surface area (Å²) in [6.07, 6.45) is 4.89. The molecule has 2 fully saturated rings. The lowest BCUT2D eigenvalue weighted by atomic mass is 9.88. The molecule has 0 radical (unpaired) electrons. The molecule has 2 bridgehead atoms. The molecule has 1 aromatic heterocycles. The van der Waals surface area contributed by atoms with Crippen molar-refractivity contribution in [2.75, 3.05) is 11.1 Å². The zero-order valence-corrected chi connectivity index (χ0v) is 12.0. The summed E-state index contributed by atoms with van der Waals surface area (Å²) in [6.45, 7) is 2.08. The third-order valence-electron chi connectivity index (χ3n) is 3.98. The molecule has 1 heterocycles. The van der Waals surface area contributed by atoms with Gasteiger partial charge >= 0.3 is 0 Å². The van der Waals surface area contributed by atoms with Crippen molar-refractivity contribution in [1.29, 1.82) is 0 Å². The van der Waals surface area contributed by atoms with Gasteiger partial charge in [0.25, 0.3) is 0 Å². The van der Waals surface area contributed by atoms with Crippen LogP contribution in [0.1, 0.15) is 32.6 Å². The van der Waals surface area contributed by atoms with Crippen molar-refractivity contribution in [2.24, 2.45) is 17.8 Å². The van der Waals surface area contributed by atoms with Crippen LogP contribution in [-0.4, -0.2) is 21.9 Å². The van der Waals surface area contributed by atoms with Gasteiger partial charge in [0.2, 0.25) is 11.0 Å². The maximum Gasteiger partial charge on any atom is 0.229 e. The smallest absolute Gasteiger partial charge is 0.229 e. The number of carbonyl (C=O) groups excluding carboxylic acids is 1. The van der Waals surface area contributed by atoms with E-state index in [2.05, 4.69) is 22.4 Å². The molecule has 0 spiro atoms. The summed E-state index contributed by atoms with van der Waals surface area (Å²) >= 11 is 3.13. The maximum atomic E-state index is 12.2. The van der Waals surface area contributed by atoms with Gasteiger partial charge < -0.3 is 5.32 Å². The number of fused-ring (bicyclic) bond motifs is 2. The molecule has 18 heavy (non-hydrogen) atoms. The third-order valence-corrected chi connectivity index (χ3v) is 5.83. The van der Waals surface area contributed by atoms with E-state index < -0.39 is 0 Å². The molecular formula is C12H17N3OS2. The van der Waals surface area contributed by atoms with Crippen LogP contribution in [0, 0.1) is 17.8 Å². The molecule has 2 aliphatic carbocycles. The summed E-state index contributed by atoms with van der Waals surface area (Å²) in [4.78, 5) is 12.2. The van der Waals surface area contributed by atoms with Crippen molar-refractivity contribution in [3.63, 3.8) is 0 Å². The molecule has 2 aliphatic rings. The molecule has 0 unspecified atom stereocenters. The van der Waals surface area contributed by atoms with E-state index in [9.17, 15) is 4.79 Å². The van der Waals surface area contributed by atoms with E-state index >= 15 is 0 Å². The molecule has 2 saturated carbocycles. The third kappa shape index (κ3) is 2.40. The van der Waals surface area contributed by atoms with Gasteiger partial charge in [-0.3, -0.25) is 4.79 Å². The largest absolute Gasteiger partial charge is 0.300 e. The lowest BCUT2D eigenvalue weighted by molar-refractivity contribution is -0.121. The van der Waals surface area contributed by atoms with Crippen molar-refractivity contribution in [1.82, 2.24) is 10.2 Å². The van der Waals surface area contributed by atoms with E-state index in [4.69, 9.17) is 0 Å². The topological polar surface area (TPSA) is 54.9 Å². The lowest BCUT2D eigenvalue weighted by Gasteiger charge is -2.19. The number of rotatable bonds is 4. The summed E-state index contributed by atoms with van der Waals surface area (Å²) in [5, 5.41) is 11.7. The van der Waals surface area contributed by atoms with Gasteiger partial charge in [0.15, 0.2) is 4.34 Å². The van der Waals surface area contributed by atoms with Gasteiger partial charge in [-0.15, -0.1) is 10.2 Å². The number of hydrogen-bond donors (Lipinski definition) is 1. The number of nitrogens with one attached hydrogen (secondary N) is 1. The molecule has 1 amide bonds. The number of nitrogens with zero attached hydrogens (tertiary/aromatic N) is 2. The van der Waals surface area contributed by atoms with E-state index in [1.165, 1.54) is 30.6 Å². The predicted octanol–water partition coefficient (Wildman–Crippen LogP) is 3.02. The van der Waals surface area contributed by atoms with Crippen LogP contribution >= 0.6 is 23.1 Å². The van der Waals surface area contributed by atoms with Gasteiger partial charge in [0.1, 0.15) is 0 Å². The minimum Gasteiger partial charge on any atom is -0.300 e. The van der Waals surface area contributed by atoms with Crippen LogP contribution in [0.25, 0.3) is 0 Å². The quantitative estimate of drug-likeness (QED) is 0.681. The van der Waals surface area contributed by atoms with Crippen molar-refractivity contribution < 1.29 is 4.79 Å². The van der Waals surface area contributed by atoms with E-state index in [1.54, 1.807) is 11.8 Å². The molecule has 1 N–H and O–H groups in total. The molecule has 4 nitrogen and oxygen atoms in total. The van der Waals surface area contributed by atoms with Gasteiger partial charge in [-0.1, -0.05) is 36.4 Å². The van der Waals surface area contributed by atoms with Crippen LogP contribution in [0.3, 0.4) is 0 Å². The highest BCUT2D eigenvalue weighted by atomic mass is 32.2. The number of hydrogen-bond acceptors (Lipinski definition) is 5. The number of anilines is 1. The minimum atomic E-state index is 0.159. The standard InChI is InChI=1S/C12H17N3OS2/c1-2-17-12-15-14-11(18-12)13-10(16)9-6-7-3-4-8(9)5-7/h7-9H,2-6H2,1H3,(H,13,14,16)/t7-,8-,9-/m1/s1. The van der Waals surface area contributed by atoms with Crippen LogP contribution in [0.5, 0.6) is 0 Å². The molecular weight excluding hydrogens is 266 g/mol. The van der Waals surface area contributed by atoms with Gasteiger partial charge in [-0.05, 0) is 36.9 Å². The average molecular weight is 283 g/mol. The molecule has 6 heteroatoms. The lowest BCUT2D eigenvalue weighted by Crippen LogP contribution is -2.27.